The van der Waals surface area contributed by atoms with Crippen LogP contribution in [0.2, 0.25) is 0 Å². The lowest BCUT2D eigenvalue weighted by Gasteiger charge is -2.19. The zero-order valence-corrected chi connectivity index (χ0v) is 12.4. The van der Waals surface area contributed by atoms with Gasteiger partial charge in [-0.25, -0.2) is 4.39 Å². The van der Waals surface area contributed by atoms with Gasteiger partial charge in [0.2, 0.25) is 0 Å². The van der Waals surface area contributed by atoms with E-state index in [-0.39, 0.29) is 23.7 Å². The Labute approximate surface area is 119 Å². The summed E-state index contributed by atoms with van der Waals surface area (Å²) in [5.41, 5.74) is 0.876. The predicted molar refractivity (Wildman–Crippen MR) is 74.3 cm³/mol. The molecule has 1 fully saturated rings. The minimum atomic E-state index is -0.512. The molecule has 0 aliphatic carbocycles. The third-order valence-corrected chi connectivity index (χ3v) is 3.39. The van der Waals surface area contributed by atoms with E-state index >= 15 is 0 Å². The van der Waals surface area contributed by atoms with E-state index in [1.54, 1.807) is 6.07 Å². The smallest absolute Gasteiger partial charge is 0.165 e. The molecule has 1 saturated heterocycles. The molecule has 0 radical (unpaired) electrons. The molecule has 0 saturated carbocycles. The number of nitrogens with one attached hydrogen (secondary N) is 1. The molecule has 1 aromatic rings. The average Bonchev–Trinajstić information content (AvgIpc) is 2.75. The maximum Gasteiger partial charge on any atom is 0.165 e. The zero-order chi connectivity index (χ0) is 14.8. The van der Waals surface area contributed by atoms with Crippen molar-refractivity contribution in [2.45, 2.75) is 38.7 Å². The van der Waals surface area contributed by atoms with Crippen LogP contribution in [0.1, 0.15) is 32.4 Å². The van der Waals surface area contributed by atoms with Crippen LogP contribution in [0.3, 0.4) is 0 Å². The molecule has 1 aliphatic rings. The summed E-state index contributed by atoms with van der Waals surface area (Å²) in [6, 6.07) is 5.02. The van der Waals surface area contributed by atoms with E-state index in [2.05, 4.69) is 5.32 Å². The fourth-order valence-electron chi connectivity index (χ4n) is 2.24. The highest BCUT2D eigenvalue weighted by molar-refractivity contribution is 5.30. The summed E-state index contributed by atoms with van der Waals surface area (Å²) in [5.74, 6) is -0.600. The summed E-state index contributed by atoms with van der Waals surface area (Å²) in [6.45, 7) is 7.02. The van der Waals surface area contributed by atoms with Gasteiger partial charge in [-0.3, -0.25) is 0 Å². The van der Waals surface area contributed by atoms with E-state index in [9.17, 15) is 4.39 Å². The molecule has 0 amide bonds. The Morgan fingerprint density at radius 3 is 2.80 bits per heavy atom. The van der Waals surface area contributed by atoms with E-state index in [1.807, 2.05) is 26.8 Å². The van der Waals surface area contributed by atoms with Gasteiger partial charge in [-0.05, 0) is 38.5 Å². The van der Waals surface area contributed by atoms with Crippen molar-refractivity contribution in [2.75, 3.05) is 20.3 Å². The Morgan fingerprint density at radius 2 is 2.25 bits per heavy atom. The van der Waals surface area contributed by atoms with Gasteiger partial charge in [-0.15, -0.1) is 0 Å². The average molecular weight is 283 g/mol. The van der Waals surface area contributed by atoms with Gasteiger partial charge in [0, 0.05) is 12.6 Å². The van der Waals surface area contributed by atoms with E-state index in [4.69, 9.17) is 14.2 Å². The largest absolute Gasteiger partial charge is 0.494 e. The van der Waals surface area contributed by atoms with Crippen molar-refractivity contribution < 1.29 is 18.6 Å². The van der Waals surface area contributed by atoms with Gasteiger partial charge in [0.25, 0.3) is 0 Å². The Hall–Kier alpha value is -1.17. The van der Waals surface area contributed by atoms with Crippen LogP contribution in [-0.4, -0.2) is 32.2 Å². The van der Waals surface area contributed by atoms with E-state index in [0.29, 0.717) is 13.2 Å². The fourth-order valence-corrected chi connectivity index (χ4v) is 2.24. The first-order chi connectivity index (χ1) is 9.41. The van der Waals surface area contributed by atoms with E-state index < -0.39 is 5.79 Å². The van der Waals surface area contributed by atoms with Gasteiger partial charge >= 0.3 is 0 Å². The number of halogens is 1. The fraction of sp³-hybridized carbons (Fsp3) is 0.600. The molecule has 2 rings (SSSR count). The van der Waals surface area contributed by atoms with Gasteiger partial charge in [0.05, 0.1) is 19.8 Å². The van der Waals surface area contributed by atoms with Gasteiger partial charge < -0.3 is 19.5 Å². The summed E-state index contributed by atoms with van der Waals surface area (Å²) in [7, 11) is 1.46. The summed E-state index contributed by atoms with van der Waals surface area (Å²) in [6.07, 6.45) is 0.0237. The molecular weight excluding hydrogens is 261 g/mol. The molecule has 0 bridgehead atoms. The van der Waals surface area contributed by atoms with Crippen LogP contribution >= 0.6 is 0 Å². The third-order valence-electron chi connectivity index (χ3n) is 3.39. The molecule has 0 spiro atoms. The van der Waals surface area contributed by atoms with Crippen LogP contribution in [0.15, 0.2) is 18.2 Å². The summed E-state index contributed by atoms with van der Waals surface area (Å²) in [5, 5.41) is 3.33. The van der Waals surface area contributed by atoms with Crippen molar-refractivity contribution in [1.29, 1.82) is 0 Å². The highest BCUT2D eigenvalue weighted by Gasteiger charge is 2.32. The number of methoxy groups -OCH3 is 1. The molecule has 1 aliphatic heterocycles. The van der Waals surface area contributed by atoms with Crippen molar-refractivity contribution in [2.24, 2.45) is 0 Å². The summed E-state index contributed by atoms with van der Waals surface area (Å²) in [4.78, 5) is 0. The van der Waals surface area contributed by atoms with Crippen LogP contribution in [0.5, 0.6) is 5.75 Å². The second kappa shape index (κ2) is 6.08. The summed E-state index contributed by atoms with van der Waals surface area (Å²) >= 11 is 0. The molecule has 2 atom stereocenters. The zero-order valence-electron chi connectivity index (χ0n) is 12.4. The molecule has 1 N–H and O–H groups in total. The minimum absolute atomic E-state index is 0.0237. The molecule has 1 heterocycles. The Morgan fingerprint density at radius 1 is 1.50 bits per heavy atom. The monoisotopic (exact) mass is 283 g/mol. The normalized spacial score (nSPS) is 22.8. The van der Waals surface area contributed by atoms with Crippen LogP contribution in [0.25, 0.3) is 0 Å². The van der Waals surface area contributed by atoms with Crippen LogP contribution in [0.4, 0.5) is 4.39 Å². The van der Waals surface area contributed by atoms with Crippen molar-refractivity contribution in [3.63, 3.8) is 0 Å². The number of benzene rings is 1. The quantitative estimate of drug-likeness (QED) is 0.902. The molecule has 1 aromatic carbocycles. The van der Waals surface area contributed by atoms with Crippen molar-refractivity contribution in [3.8, 4) is 5.75 Å². The molecule has 4 nitrogen and oxygen atoms in total. The second-order valence-electron chi connectivity index (χ2n) is 5.47. The maximum atomic E-state index is 13.7. The molecule has 0 aromatic heterocycles. The molecule has 112 valence electrons. The lowest BCUT2D eigenvalue weighted by Crippen LogP contribution is -2.32. The number of hydrogen-bond donors (Lipinski definition) is 1. The van der Waals surface area contributed by atoms with Gasteiger partial charge in [-0.1, -0.05) is 6.07 Å². The highest BCUT2D eigenvalue weighted by atomic mass is 19.1. The standard InChI is InChI=1S/C15H22FNO3/c1-10(11-5-6-14(18-4)13(16)7-11)17-8-12-9-19-15(2,3)20-12/h5-7,10,12,17H,8-9H2,1-4H3. The molecular formula is C15H22FNO3. The topological polar surface area (TPSA) is 39.7 Å². The molecule has 5 heteroatoms. The van der Waals surface area contributed by atoms with Crippen LogP contribution in [0, 0.1) is 5.82 Å². The van der Waals surface area contributed by atoms with Gasteiger partial charge in [0.15, 0.2) is 17.4 Å². The van der Waals surface area contributed by atoms with Crippen molar-refractivity contribution in [1.82, 2.24) is 5.32 Å². The SMILES string of the molecule is COc1ccc(C(C)NCC2COC(C)(C)O2)cc1F. The number of rotatable bonds is 5. The molecule has 2 unspecified atom stereocenters. The van der Waals surface area contributed by atoms with Crippen molar-refractivity contribution >= 4 is 0 Å². The lowest BCUT2D eigenvalue weighted by atomic mass is 10.1. The Bertz CT molecular complexity index is 464. The molecule has 20 heavy (non-hydrogen) atoms. The number of hydrogen-bond acceptors (Lipinski definition) is 4. The number of ether oxygens (including phenoxy) is 3. The van der Waals surface area contributed by atoms with Gasteiger partial charge in [0.1, 0.15) is 0 Å². The van der Waals surface area contributed by atoms with E-state index in [0.717, 1.165) is 5.56 Å². The Balaban J connectivity index is 1.89. The van der Waals surface area contributed by atoms with Crippen LogP contribution in [-0.2, 0) is 9.47 Å². The lowest BCUT2D eigenvalue weighted by molar-refractivity contribution is -0.137. The first-order valence-electron chi connectivity index (χ1n) is 6.80. The van der Waals surface area contributed by atoms with Crippen molar-refractivity contribution in [3.05, 3.63) is 29.6 Å². The first-order valence-corrected chi connectivity index (χ1v) is 6.80. The second-order valence-corrected chi connectivity index (χ2v) is 5.47. The highest BCUT2D eigenvalue weighted by Crippen LogP contribution is 2.24. The third kappa shape index (κ3) is 3.69. The first kappa shape index (κ1) is 15.2. The maximum absolute atomic E-state index is 13.7. The Kier molecular flexibility index (Phi) is 4.62. The van der Waals surface area contributed by atoms with Gasteiger partial charge in [-0.2, -0.15) is 0 Å². The van der Waals surface area contributed by atoms with Crippen LogP contribution < -0.4 is 10.1 Å². The predicted octanol–water partition coefficient (Wildman–Crippen LogP) is 2.64. The minimum Gasteiger partial charge on any atom is -0.494 e. The van der Waals surface area contributed by atoms with E-state index in [1.165, 1.54) is 13.2 Å². The summed E-state index contributed by atoms with van der Waals surface area (Å²) < 4.78 is 29.8.